The van der Waals surface area contributed by atoms with Crippen molar-refractivity contribution in [3.05, 3.63) is 0 Å². The Kier molecular flexibility index (Phi) is 11.7. The summed E-state index contributed by atoms with van der Waals surface area (Å²) in [6, 6.07) is 0. The Bertz CT molecular complexity index is 27.9. The van der Waals surface area contributed by atoms with Crippen LogP contribution in [0.15, 0.2) is 0 Å². The van der Waals surface area contributed by atoms with Crippen molar-refractivity contribution in [2.24, 2.45) is 0 Å². The molecule has 0 nitrogen and oxygen atoms in total. The van der Waals surface area contributed by atoms with E-state index in [-0.39, 0.29) is 0 Å². The van der Waals surface area contributed by atoms with E-state index in [1.54, 1.807) is 0 Å². The van der Waals surface area contributed by atoms with Crippen molar-refractivity contribution in [2.45, 2.75) is 13.6 Å². The smallest absolute Gasteiger partial charge is 0.157 e. The standard InChI is InChI=1S/C3H9P.C2H6BBr/c1-4(2)3;1-3(2)4/h1-3H3;1-2H3. The first-order valence-corrected chi connectivity index (χ1v) is 6.31. The minimum atomic E-state index is 0.380. The third-order valence-electron chi connectivity index (χ3n) is 0. The summed E-state index contributed by atoms with van der Waals surface area (Å²) in [5.74, 6) is 0. The Morgan fingerprint density at radius 2 is 1.12 bits per heavy atom. The molecule has 0 saturated heterocycles. The normalized spacial score (nSPS) is 7.88. The van der Waals surface area contributed by atoms with Crippen LogP contribution in [0.1, 0.15) is 0 Å². The Morgan fingerprint density at radius 3 is 1.12 bits per heavy atom. The van der Waals surface area contributed by atoms with E-state index < -0.39 is 0 Å². The molecule has 0 atom stereocenters. The van der Waals surface area contributed by atoms with Crippen LogP contribution in [0.4, 0.5) is 0 Å². The predicted molar refractivity (Wildman–Crippen MR) is 51.1 cm³/mol. The van der Waals surface area contributed by atoms with Crippen LogP contribution in [0.2, 0.25) is 13.6 Å². The first-order chi connectivity index (χ1) is 3.46. The van der Waals surface area contributed by atoms with Gasteiger partial charge in [-0.05, 0) is 20.0 Å². The molecule has 0 fully saturated rings. The minimum absolute atomic E-state index is 0.380. The SMILES string of the molecule is CB(C)Br.CP(C)C. The molecule has 0 heterocycles. The lowest BCUT2D eigenvalue weighted by molar-refractivity contribution is 2.12. The molecule has 0 unspecified atom stereocenters. The van der Waals surface area contributed by atoms with Crippen molar-refractivity contribution in [1.82, 2.24) is 0 Å². The summed E-state index contributed by atoms with van der Waals surface area (Å²) in [4.78, 5) is 0. The molecule has 0 saturated carbocycles. The van der Waals surface area contributed by atoms with Crippen molar-refractivity contribution in [3.63, 3.8) is 0 Å². The molecule has 0 spiro atoms. The number of hydrogen-bond donors (Lipinski definition) is 0. The van der Waals surface area contributed by atoms with Gasteiger partial charge in [0.25, 0.3) is 0 Å². The molecule has 0 aliphatic carbocycles. The molecular formula is C5H15BBrP. The van der Waals surface area contributed by atoms with Gasteiger partial charge >= 0.3 is 0 Å². The fourth-order valence-corrected chi connectivity index (χ4v) is 0. The van der Waals surface area contributed by atoms with Gasteiger partial charge in [0.2, 0.25) is 5.54 Å². The highest BCUT2D eigenvalue weighted by Crippen LogP contribution is 2.14. The van der Waals surface area contributed by atoms with E-state index in [1.165, 1.54) is 0 Å². The van der Waals surface area contributed by atoms with Gasteiger partial charge in [-0.1, -0.05) is 13.6 Å². The zero-order valence-electron chi connectivity index (χ0n) is 6.40. The lowest BCUT2D eigenvalue weighted by Crippen LogP contribution is -1.77. The van der Waals surface area contributed by atoms with Gasteiger partial charge in [0.1, 0.15) is 0 Å². The van der Waals surface area contributed by atoms with Gasteiger partial charge in [0.15, 0.2) is 0 Å². The Hall–Kier alpha value is 0.975. The molecule has 0 rings (SSSR count). The molecule has 0 amide bonds. The van der Waals surface area contributed by atoms with Gasteiger partial charge < -0.3 is 0 Å². The van der Waals surface area contributed by atoms with Crippen molar-refractivity contribution in [1.29, 1.82) is 0 Å². The fraction of sp³-hybridized carbons (Fsp3) is 1.00. The van der Waals surface area contributed by atoms with Gasteiger partial charge in [-0.15, -0.1) is 7.92 Å². The molecule has 3 heteroatoms. The van der Waals surface area contributed by atoms with Crippen LogP contribution in [0.5, 0.6) is 0 Å². The maximum atomic E-state index is 3.27. The second-order valence-electron chi connectivity index (χ2n) is 2.36. The second kappa shape index (κ2) is 7.97. The first-order valence-electron chi connectivity index (χ1n) is 2.71. The molecule has 0 aromatic rings. The summed E-state index contributed by atoms with van der Waals surface area (Å²) in [6.07, 6.45) is 0. The van der Waals surface area contributed by atoms with Gasteiger partial charge in [-0.3, -0.25) is 0 Å². The first kappa shape index (κ1) is 11.7. The largest absolute Gasteiger partial charge is 0.216 e. The van der Waals surface area contributed by atoms with Crippen LogP contribution < -0.4 is 0 Å². The van der Waals surface area contributed by atoms with E-state index >= 15 is 0 Å². The van der Waals surface area contributed by atoms with E-state index in [4.69, 9.17) is 0 Å². The third kappa shape index (κ3) is 262. The molecular weight excluding hydrogens is 182 g/mol. The maximum absolute atomic E-state index is 3.27. The van der Waals surface area contributed by atoms with Crippen LogP contribution in [0, 0.1) is 0 Å². The molecule has 0 aromatic carbocycles. The van der Waals surface area contributed by atoms with Gasteiger partial charge in [-0.2, -0.15) is 15.8 Å². The lowest BCUT2D eigenvalue weighted by Gasteiger charge is -1.81. The quantitative estimate of drug-likeness (QED) is 0.413. The van der Waals surface area contributed by atoms with E-state index in [0.717, 1.165) is 0 Å². The number of rotatable bonds is 0. The highest BCUT2D eigenvalue weighted by molar-refractivity contribution is 9.24. The molecule has 0 radical (unpaired) electrons. The zero-order chi connectivity index (χ0) is 7.15. The van der Waals surface area contributed by atoms with Gasteiger partial charge in [0.05, 0.1) is 0 Å². The van der Waals surface area contributed by atoms with E-state index in [2.05, 4.69) is 49.4 Å². The highest BCUT2D eigenvalue weighted by Gasteiger charge is 1.80. The van der Waals surface area contributed by atoms with Gasteiger partial charge in [0, 0.05) is 0 Å². The average molecular weight is 197 g/mol. The Labute approximate surface area is 63.2 Å². The number of hydrogen-bond acceptors (Lipinski definition) is 0. The van der Waals surface area contributed by atoms with Crippen LogP contribution in [-0.4, -0.2) is 25.5 Å². The molecule has 0 aromatic heterocycles. The van der Waals surface area contributed by atoms with E-state index in [0.29, 0.717) is 13.5 Å². The molecule has 0 aliphatic heterocycles. The lowest BCUT2D eigenvalue weighted by atomic mass is 9.87. The van der Waals surface area contributed by atoms with Crippen LogP contribution >= 0.6 is 23.7 Å². The molecule has 8 heavy (non-hydrogen) atoms. The summed E-state index contributed by atoms with van der Waals surface area (Å²) in [5, 5.41) is 0. The second-order valence-corrected chi connectivity index (χ2v) is 6.87. The van der Waals surface area contributed by atoms with E-state index in [9.17, 15) is 0 Å². The van der Waals surface area contributed by atoms with Crippen LogP contribution in [-0.2, 0) is 0 Å². The molecule has 0 aliphatic rings. The summed E-state index contributed by atoms with van der Waals surface area (Å²) in [5.41, 5.74) is 0.646. The summed E-state index contributed by atoms with van der Waals surface area (Å²) >= 11 is 3.27. The highest BCUT2D eigenvalue weighted by atomic mass is 79.9. The maximum Gasteiger partial charge on any atom is 0.216 e. The van der Waals surface area contributed by atoms with E-state index in [1.807, 2.05) is 0 Å². The fourth-order valence-electron chi connectivity index (χ4n) is 0. The minimum Gasteiger partial charge on any atom is -0.157 e. The summed E-state index contributed by atoms with van der Waals surface area (Å²) in [6.45, 7) is 10.9. The van der Waals surface area contributed by atoms with Crippen molar-refractivity contribution < 1.29 is 0 Å². The third-order valence-corrected chi connectivity index (χ3v) is 0. The Balaban J connectivity index is 0. The molecule has 0 N–H and O–H groups in total. The topological polar surface area (TPSA) is 0 Å². The van der Waals surface area contributed by atoms with Crippen molar-refractivity contribution in [2.75, 3.05) is 20.0 Å². The molecule has 50 valence electrons. The monoisotopic (exact) mass is 196 g/mol. The van der Waals surface area contributed by atoms with Crippen LogP contribution in [0.3, 0.4) is 0 Å². The number of halogens is 1. The van der Waals surface area contributed by atoms with Gasteiger partial charge in [-0.25, -0.2) is 0 Å². The van der Waals surface area contributed by atoms with Crippen LogP contribution in [0.25, 0.3) is 0 Å². The van der Waals surface area contributed by atoms with Crippen molar-refractivity contribution >= 4 is 29.2 Å². The molecule has 0 bridgehead atoms. The van der Waals surface area contributed by atoms with Crippen molar-refractivity contribution in [3.8, 4) is 0 Å². The predicted octanol–water partition coefficient (Wildman–Crippen LogP) is 2.99. The summed E-state index contributed by atoms with van der Waals surface area (Å²) in [7, 11) is 0.380. The average Bonchev–Trinajstić information content (AvgIpc) is 1.25. The Morgan fingerprint density at radius 1 is 1.12 bits per heavy atom. The summed E-state index contributed by atoms with van der Waals surface area (Å²) < 4.78 is 0. The zero-order valence-corrected chi connectivity index (χ0v) is 8.88.